The first kappa shape index (κ1) is 14.6. The fraction of sp³-hybridized carbons (Fsp3) is 0.154. The third kappa shape index (κ3) is 3.19. The predicted molar refractivity (Wildman–Crippen MR) is 85.2 cm³/mol. The Balaban J connectivity index is 2.34. The third-order valence-electron chi connectivity index (χ3n) is 2.56. The van der Waals surface area contributed by atoms with Gasteiger partial charge in [0.05, 0.1) is 8.66 Å². The summed E-state index contributed by atoms with van der Waals surface area (Å²) >= 11 is 8.14. The molecule has 0 aliphatic rings. The number of carbonyl (C=O) groups excluding carboxylic acids is 1. The van der Waals surface area contributed by atoms with Crippen molar-refractivity contribution in [1.82, 2.24) is 0 Å². The van der Waals surface area contributed by atoms with E-state index < -0.39 is 0 Å². The number of benzene rings is 1. The molecule has 0 spiro atoms. The largest absolute Gasteiger partial charge is 0.508 e. The van der Waals surface area contributed by atoms with E-state index in [2.05, 4.69) is 31.9 Å². The second-order valence-corrected chi connectivity index (χ2v) is 7.03. The normalized spacial score (nSPS) is 10.5. The molecule has 0 atom stereocenters. The van der Waals surface area contributed by atoms with Crippen molar-refractivity contribution in [2.75, 3.05) is 11.4 Å². The molecule has 1 N–H and O–H groups in total. The molecule has 6 heteroatoms. The lowest BCUT2D eigenvalue weighted by Gasteiger charge is -2.20. The quantitative estimate of drug-likeness (QED) is 0.808. The Morgan fingerprint density at radius 2 is 2.11 bits per heavy atom. The number of hydrogen-bond acceptors (Lipinski definition) is 3. The van der Waals surface area contributed by atoms with Crippen LogP contribution in [0.3, 0.4) is 0 Å². The molecule has 0 unspecified atom stereocenters. The monoisotopic (exact) mass is 403 g/mol. The highest BCUT2D eigenvalue weighted by molar-refractivity contribution is 9.13. The lowest BCUT2D eigenvalue weighted by Crippen LogP contribution is -2.29. The Kier molecular flexibility index (Phi) is 4.65. The first-order valence-electron chi connectivity index (χ1n) is 5.58. The van der Waals surface area contributed by atoms with Crippen molar-refractivity contribution in [3.63, 3.8) is 0 Å². The van der Waals surface area contributed by atoms with Gasteiger partial charge in [-0.3, -0.25) is 4.79 Å². The molecule has 2 rings (SSSR count). The number of phenolic OH excluding ortho intramolecular Hbond substituents is 1. The van der Waals surface area contributed by atoms with E-state index in [1.54, 1.807) is 35.2 Å². The van der Waals surface area contributed by atoms with Crippen molar-refractivity contribution >= 4 is 54.8 Å². The molecule has 1 amide bonds. The smallest absolute Gasteiger partial charge is 0.268 e. The zero-order chi connectivity index (χ0) is 14.0. The van der Waals surface area contributed by atoms with E-state index in [0.29, 0.717) is 17.1 Å². The summed E-state index contributed by atoms with van der Waals surface area (Å²) in [5.74, 6) is 0.0711. The average Bonchev–Trinajstić information content (AvgIpc) is 2.70. The van der Waals surface area contributed by atoms with Gasteiger partial charge in [-0.2, -0.15) is 0 Å². The Bertz CT molecular complexity index is 593. The van der Waals surface area contributed by atoms with E-state index in [0.717, 1.165) is 8.26 Å². The molecular weight excluding hydrogens is 394 g/mol. The van der Waals surface area contributed by atoms with Gasteiger partial charge in [0, 0.05) is 22.8 Å². The molecule has 0 radical (unpaired) electrons. The number of amides is 1. The Morgan fingerprint density at radius 1 is 1.37 bits per heavy atom. The molecule has 3 nitrogen and oxygen atoms in total. The lowest BCUT2D eigenvalue weighted by atomic mass is 10.2. The van der Waals surface area contributed by atoms with Crippen LogP contribution in [0.5, 0.6) is 5.75 Å². The van der Waals surface area contributed by atoms with E-state index in [1.807, 2.05) is 6.92 Å². The number of thiophene rings is 1. The fourth-order valence-corrected chi connectivity index (χ4v) is 3.67. The molecular formula is C13H11Br2NO2S. The van der Waals surface area contributed by atoms with E-state index in [9.17, 15) is 9.90 Å². The molecule has 2 aromatic rings. The van der Waals surface area contributed by atoms with Crippen molar-refractivity contribution in [3.05, 3.63) is 43.5 Å². The SMILES string of the molecule is CCN(C(=O)c1cc(Br)c(Br)s1)c1cccc(O)c1. The van der Waals surface area contributed by atoms with Crippen LogP contribution < -0.4 is 4.90 Å². The molecule has 0 bridgehead atoms. The summed E-state index contributed by atoms with van der Waals surface area (Å²) in [6.45, 7) is 2.44. The van der Waals surface area contributed by atoms with Gasteiger partial charge in [0.25, 0.3) is 5.91 Å². The van der Waals surface area contributed by atoms with Crippen LogP contribution in [0.4, 0.5) is 5.69 Å². The van der Waals surface area contributed by atoms with Crippen molar-refractivity contribution in [3.8, 4) is 5.75 Å². The van der Waals surface area contributed by atoms with Crippen LogP contribution in [0.2, 0.25) is 0 Å². The maximum absolute atomic E-state index is 12.5. The number of halogens is 2. The maximum Gasteiger partial charge on any atom is 0.268 e. The Hall–Kier alpha value is -0.850. The van der Waals surface area contributed by atoms with Gasteiger partial charge in [0.1, 0.15) is 5.75 Å². The van der Waals surface area contributed by atoms with Gasteiger partial charge in [0.2, 0.25) is 0 Å². The summed E-state index contributed by atoms with van der Waals surface area (Å²) in [5, 5.41) is 9.51. The van der Waals surface area contributed by atoms with Crippen LogP contribution in [-0.4, -0.2) is 17.6 Å². The minimum absolute atomic E-state index is 0.0792. The molecule has 0 aliphatic carbocycles. The maximum atomic E-state index is 12.5. The summed E-state index contributed by atoms with van der Waals surface area (Å²) in [5.41, 5.74) is 0.688. The Labute approximate surface area is 132 Å². The minimum Gasteiger partial charge on any atom is -0.508 e. The van der Waals surface area contributed by atoms with Crippen LogP contribution in [-0.2, 0) is 0 Å². The number of phenols is 1. The highest BCUT2D eigenvalue weighted by atomic mass is 79.9. The van der Waals surface area contributed by atoms with Gasteiger partial charge in [-0.25, -0.2) is 0 Å². The molecule has 1 aromatic heterocycles. The summed E-state index contributed by atoms with van der Waals surface area (Å²) < 4.78 is 1.76. The summed E-state index contributed by atoms with van der Waals surface area (Å²) in [6.07, 6.45) is 0. The van der Waals surface area contributed by atoms with Gasteiger partial charge in [-0.15, -0.1) is 11.3 Å². The minimum atomic E-state index is -0.0792. The van der Waals surface area contributed by atoms with Gasteiger partial charge >= 0.3 is 0 Å². The van der Waals surface area contributed by atoms with E-state index in [4.69, 9.17) is 0 Å². The number of nitrogens with zero attached hydrogens (tertiary/aromatic N) is 1. The lowest BCUT2D eigenvalue weighted by molar-refractivity contribution is 0.0992. The van der Waals surface area contributed by atoms with Crippen LogP contribution >= 0.6 is 43.2 Å². The molecule has 0 saturated carbocycles. The van der Waals surface area contributed by atoms with Crippen LogP contribution in [0.25, 0.3) is 0 Å². The molecule has 0 fully saturated rings. The van der Waals surface area contributed by atoms with Crippen LogP contribution in [0.15, 0.2) is 38.6 Å². The first-order valence-corrected chi connectivity index (χ1v) is 7.99. The number of carbonyl (C=O) groups is 1. The number of aromatic hydroxyl groups is 1. The van der Waals surface area contributed by atoms with Crippen molar-refractivity contribution < 1.29 is 9.90 Å². The summed E-state index contributed by atoms with van der Waals surface area (Å²) in [7, 11) is 0. The predicted octanol–water partition coefficient (Wildman–Crippen LogP) is 4.65. The van der Waals surface area contributed by atoms with Crippen LogP contribution in [0.1, 0.15) is 16.6 Å². The van der Waals surface area contributed by atoms with Gasteiger partial charge in [-0.05, 0) is 57.0 Å². The standard InChI is InChI=1S/C13H11Br2NO2S/c1-2-16(8-4-3-5-9(17)6-8)13(18)11-7-10(14)12(15)19-11/h3-7,17H,2H2,1H3. The zero-order valence-corrected chi connectivity index (χ0v) is 14.0. The fourth-order valence-electron chi connectivity index (χ4n) is 1.69. The molecule has 0 aliphatic heterocycles. The molecule has 100 valence electrons. The van der Waals surface area contributed by atoms with Gasteiger partial charge in [-0.1, -0.05) is 6.07 Å². The molecule has 19 heavy (non-hydrogen) atoms. The molecule has 1 heterocycles. The van der Waals surface area contributed by atoms with E-state index >= 15 is 0 Å². The molecule has 0 saturated heterocycles. The highest BCUT2D eigenvalue weighted by Crippen LogP contribution is 2.34. The summed E-state index contributed by atoms with van der Waals surface area (Å²) in [4.78, 5) is 14.7. The molecule has 1 aromatic carbocycles. The van der Waals surface area contributed by atoms with Crippen molar-refractivity contribution in [2.24, 2.45) is 0 Å². The van der Waals surface area contributed by atoms with Gasteiger partial charge < -0.3 is 10.0 Å². The topological polar surface area (TPSA) is 40.5 Å². The highest BCUT2D eigenvalue weighted by Gasteiger charge is 2.19. The van der Waals surface area contributed by atoms with E-state index in [1.165, 1.54) is 11.3 Å². The number of hydrogen-bond donors (Lipinski definition) is 1. The number of rotatable bonds is 3. The van der Waals surface area contributed by atoms with Crippen LogP contribution in [0, 0.1) is 0 Å². The van der Waals surface area contributed by atoms with Crippen molar-refractivity contribution in [2.45, 2.75) is 6.92 Å². The van der Waals surface area contributed by atoms with Crippen molar-refractivity contribution in [1.29, 1.82) is 0 Å². The zero-order valence-electron chi connectivity index (χ0n) is 10.1. The number of anilines is 1. The Morgan fingerprint density at radius 3 is 2.63 bits per heavy atom. The first-order chi connectivity index (χ1) is 9.02. The third-order valence-corrected chi connectivity index (χ3v) is 5.80. The van der Waals surface area contributed by atoms with Gasteiger partial charge in [0.15, 0.2) is 0 Å². The summed E-state index contributed by atoms with van der Waals surface area (Å²) in [6, 6.07) is 8.49. The average molecular weight is 405 g/mol. The van der Waals surface area contributed by atoms with E-state index in [-0.39, 0.29) is 11.7 Å². The second-order valence-electron chi connectivity index (χ2n) is 3.80. The second kappa shape index (κ2) is 6.07.